The molecule has 0 fully saturated rings. The summed E-state index contributed by atoms with van der Waals surface area (Å²) in [7, 11) is 0. The first-order valence-corrected chi connectivity index (χ1v) is 7.02. The van der Waals surface area contributed by atoms with Crippen molar-refractivity contribution in [1.82, 2.24) is 9.78 Å². The van der Waals surface area contributed by atoms with E-state index in [1.54, 1.807) is 0 Å². The number of hydrogen-bond acceptors (Lipinski definition) is 2. The summed E-state index contributed by atoms with van der Waals surface area (Å²) in [6.07, 6.45) is 2.15. The molecule has 4 heteroatoms. The first-order chi connectivity index (χ1) is 8.15. The SMILES string of the molecule is CC(C)n1cc2c(n1)-c1cc(Cl)ccc1SC2. The first-order valence-electron chi connectivity index (χ1n) is 5.66. The zero-order chi connectivity index (χ0) is 12.0. The van der Waals surface area contributed by atoms with Crippen molar-refractivity contribution in [3.05, 3.63) is 35.0 Å². The highest BCUT2D eigenvalue weighted by atomic mass is 35.5. The molecular weight excluding hydrogens is 252 g/mol. The van der Waals surface area contributed by atoms with Crippen LogP contribution in [0.15, 0.2) is 29.3 Å². The van der Waals surface area contributed by atoms with E-state index in [-0.39, 0.29) is 0 Å². The van der Waals surface area contributed by atoms with Gasteiger partial charge in [0.15, 0.2) is 0 Å². The lowest BCUT2D eigenvalue weighted by Crippen LogP contribution is -2.00. The minimum Gasteiger partial charge on any atom is -0.269 e. The summed E-state index contributed by atoms with van der Waals surface area (Å²) in [6, 6.07) is 6.44. The zero-order valence-corrected chi connectivity index (χ0v) is 11.3. The fraction of sp³-hybridized carbons (Fsp3) is 0.308. The van der Waals surface area contributed by atoms with Crippen molar-refractivity contribution in [1.29, 1.82) is 0 Å². The molecule has 0 saturated carbocycles. The Morgan fingerprint density at radius 3 is 3.00 bits per heavy atom. The van der Waals surface area contributed by atoms with Crippen LogP contribution in [0.1, 0.15) is 25.5 Å². The van der Waals surface area contributed by atoms with Gasteiger partial charge in [-0.15, -0.1) is 11.8 Å². The molecule has 1 aliphatic rings. The zero-order valence-electron chi connectivity index (χ0n) is 9.77. The van der Waals surface area contributed by atoms with Gasteiger partial charge < -0.3 is 0 Å². The van der Waals surface area contributed by atoms with E-state index in [4.69, 9.17) is 11.6 Å². The molecule has 0 N–H and O–H groups in total. The lowest BCUT2D eigenvalue weighted by Gasteiger charge is -2.14. The van der Waals surface area contributed by atoms with Gasteiger partial charge in [-0.2, -0.15) is 5.10 Å². The van der Waals surface area contributed by atoms with E-state index in [9.17, 15) is 0 Å². The largest absolute Gasteiger partial charge is 0.269 e. The molecule has 2 heterocycles. The average molecular weight is 265 g/mol. The second-order valence-electron chi connectivity index (χ2n) is 4.51. The van der Waals surface area contributed by atoms with Gasteiger partial charge in [-0.1, -0.05) is 11.6 Å². The molecule has 0 bridgehead atoms. The number of thioether (sulfide) groups is 1. The Bertz CT molecular complexity index is 575. The van der Waals surface area contributed by atoms with Gasteiger partial charge in [-0.3, -0.25) is 4.68 Å². The Morgan fingerprint density at radius 2 is 2.24 bits per heavy atom. The average Bonchev–Trinajstić information content (AvgIpc) is 2.73. The van der Waals surface area contributed by atoms with E-state index in [2.05, 4.69) is 31.2 Å². The predicted octanol–water partition coefficient (Wildman–Crippen LogP) is 4.39. The van der Waals surface area contributed by atoms with E-state index < -0.39 is 0 Å². The highest BCUT2D eigenvalue weighted by Crippen LogP contribution is 2.41. The molecule has 0 atom stereocenters. The van der Waals surface area contributed by atoms with Crippen molar-refractivity contribution < 1.29 is 0 Å². The lowest BCUT2D eigenvalue weighted by molar-refractivity contribution is 0.533. The van der Waals surface area contributed by atoms with Gasteiger partial charge in [0.2, 0.25) is 0 Å². The maximum Gasteiger partial charge on any atom is 0.0975 e. The molecule has 0 radical (unpaired) electrons. The van der Waals surface area contributed by atoms with Crippen LogP contribution in [0.5, 0.6) is 0 Å². The molecular formula is C13H13ClN2S. The molecule has 3 rings (SSSR count). The molecule has 2 aromatic rings. The fourth-order valence-corrected chi connectivity index (χ4v) is 3.16. The predicted molar refractivity (Wildman–Crippen MR) is 72.6 cm³/mol. The number of nitrogens with zero attached hydrogens (tertiary/aromatic N) is 2. The van der Waals surface area contributed by atoms with Crippen LogP contribution in [0, 0.1) is 0 Å². The van der Waals surface area contributed by atoms with Gasteiger partial charge in [0, 0.05) is 39.0 Å². The molecule has 88 valence electrons. The smallest absolute Gasteiger partial charge is 0.0975 e. The topological polar surface area (TPSA) is 17.8 Å². The monoisotopic (exact) mass is 264 g/mol. The second kappa shape index (κ2) is 4.07. The van der Waals surface area contributed by atoms with Crippen molar-refractivity contribution >= 4 is 23.4 Å². The van der Waals surface area contributed by atoms with Gasteiger partial charge >= 0.3 is 0 Å². The molecule has 17 heavy (non-hydrogen) atoms. The van der Waals surface area contributed by atoms with Gasteiger partial charge in [0.05, 0.1) is 5.69 Å². The standard InChI is InChI=1S/C13H13ClN2S/c1-8(2)16-6-9-7-17-12-4-3-10(14)5-11(12)13(9)15-16/h3-6,8H,7H2,1-2H3. The lowest BCUT2D eigenvalue weighted by atomic mass is 10.1. The third-order valence-electron chi connectivity index (χ3n) is 2.92. The number of hydrogen-bond donors (Lipinski definition) is 0. The Kier molecular flexibility index (Phi) is 2.68. The molecule has 0 unspecified atom stereocenters. The maximum absolute atomic E-state index is 6.07. The number of rotatable bonds is 1. The molecule has 2 nitrogen and oxygen atoms in total. The van der Waals surface area contributed by atoms with E-state index in [0.717, 1.165) is 16.5 Å². The summed E-state index contributed by atoms with van der Waals surface area (Å²) in [5.41, 5.74) is 3.57. The summed E-state index contributed by atoms with van der Waals surface area (Å²) in [4.78, 5) is 1.27. The number of benzene rings is 1. The molecule has 0 aliphatic carbocycles. The van der Waals surface area contributed by atoms with Crippen molar-refractivity contribution in [3.63, 3.8) is 0 Å². The Hall–Kier alpha value is -0.930. The van der Waals surface area contributed by atoms with E-state index in [1.807, 2.05) is 28.6 Å². The minimum absolute atomic E-state index is 0.397. The molecule has 0 saturated heterocycles. The van der Waals surface area contributed by atoms with Crippen LogP contribution in [0.4, 0.5) is 0 Å². The van der Waals surface area contributed by atoms with Crippen molar-refractivity contribution in [2.75, 3.05) is 0 Å². The van der Waals surface area contributed by atoms with Crippen LogP contribution < -0.4 is 0 Å². The summed E-state index contributed by atoms with van der Waals surface area (Å²) < 4.78 is 2.03. The third-order valence-corrected chi connectivity index (χ3v) is 4.27. The molecule has 0 amide bonds. The van der Waals surface area contributed by atoms with Crippen LogP contribution in [-0.2, 0) is 5.75 Å². The fourth-order valence-electron chi connectivity index (χ4n) is 2.00. The van der Waals surface area contributed by atoms with Crippen molar-refractivity contribution in [2.24, 2.45) is 0 Å². The second-order valence-corrected chi connectivity index (χ2v) is 5.96. The Morgan fingerprint density at radius 1 is 1.41 bits per heavy atom. The maximum atomic E-state index is 6.07. The van der Waals surface area contributed by atoms with Gasteiger partial charge in [0.1, 0.15) is 0 Å². The van der Waals surface area contributed by atoms with Gasteiger partial charge in [-0.25, -0.2) is 0 Å². The molecule has 1 aliphatic heterocycles. The Balaban J connectivity index is 2.18. The highest BCUT2D eigenvalue weighted by Gasteiger charge is 2.21. The third kappa shape index (κ3) is 1.87. The number of fused-ring (bicyclic) bond motifs is 3. The van der Waals surface area contributed by atoms with Crippen molar-refractivity contribution in [3.8, 4) is 11.3 Å². The van der Waals surface area contributed by atoms with E-state index >= 15 is 0 Å². The normalized spacial score (nSPS) is 13.6. The van der Waals surface area contributed by atoms with Crippen LogP contribution in [0.25, 0.3) is 11.3 Å². The number of aromatic nitrogens is 2. The Labute approximate surface area is 110 Å². The quantitative estimate of drug-likeness (QED) is 0.760. The summed E-state index contributed by atoms with van der Waals surface area (Å²) in [5, 5.41) is 5.45. The highest BCUT2D eigenvalue weighted by molar-refractivity contribution is 7.98. The first kappa shape index (κ1) is 11.2. The molecule has 1 aromatic carbocycles. The number of halogens is 1. The molecule has 1 aromatic heterocycles. The summed E-state index contributed by atoms with van der Waals surface area (Å²) in [6.45, 7) is 4.29. The minimum atomic E-state index is 0.397. The van der Waals surface area contributed by atoms with Gasteiger partial charge in [0.25, 0.3) is 0 Å². The van der Waals surface area contributed by atoms with Crippen molar-refractivity contribution in [2.45, 2.75) is 30.5 Å². The van der Waals surface area contributed by atoms with Crippen LogP contribution in [0.2, 0.25) is 5.02 Å². The summed E-state index contributed by atoms with van der Waals surface area (Å²) in [5.74, 6) is 0.997. The summed E-state index contributed by atoms with van der Waals surface area (Å²) >= 11 is 7.92. The van der Waals surface area contributed by atoms with Gasteiger partial charge in [-0.05, 0) is 32.0 Å². The van der Waals surface area contributed by atoms with E-state index in [0.29, 0.717) is 6.04 Å². The van der Waals surface area contributed by atoms with Crippen LogP contribution in [0.3, 0.4) is 0 Å². The van der Waals surface area contributed by atoms with Crippen LogP contribution in [-0.4, -0.2) is 9.78 Å². The van der Waals surface area contributed by atoms with E-state index in [1.165, 1.54) is 16.0 Å². The van der Waals surface area contributed by atoms with Crippen LogP contribution >= 0.6 is 23.4 Å². The molecule has 0 spiro atoms.